The van der Waals surface area contributed by atoms with Crippen LogP contribution in [0.25, 0.3) is 11.2 Å². The van der Waals surface area contributed by atoms with E-state index in [4.69, 9.17) is 11.6 Å². The molecule has 2 heterocycles. The van der Waals surface area contributed by atoms with Crippen LogP contribution in [0.3, 0.4) is 0 Å². The van der Waals surface area contributed by atoms with Gasteiger partial charge in [0.1, 0.15) is 0 Å². The number of fused-ring (bicyclic) bond motifs is 1. The van der Waals surface area contributed by atoms with Crippen LogP contribution >= 0.6 is 11.6 Å². The van der Waals surface area contributed by atoms with Crippen LogP contribution in [-0.4, -0.2) is 39.7 Å². The molecular weight excluding hydrogens is 350 g/mol. The third-order valence-electron chi connectivity index (χ3n) is 4.01. The Morgan fingerprint density at radius 3 is 2.54 bits per heavy atom. The highest BCUT2D eigenvalue weighted by atomic mass is 35.5. The van der Waals surface area contributed by atoms with Gasteiger partial charge in [0.2, 0.25) is 5.95 Å². The fourth-order valence-electron chi connectivity index (χ4n) is 2.58. The van der Waals surface area contributed by atoms with Gasteiger partial charge in [0.15, 0.2) is 17.0 Å². The van der Waals surface area contributed by atoms with Crippen molar-refractivity contribution in [3.8, 4) is 0 Å². The molecule has 0 saturated heterocycles. The van der Waals surface area contributed by atoms with Gasteiger partial charge in [0.25, 0.3) is 0 Å². The molecule has 3 rings (SSSR count). The van der Waals surface area contributed by atoms with Gasteiger partial charge in [0, 0.05) is 30.7 Å². The van der Waals surface area contributed by atoms with Crippen LogP contribution in [0.1, 0.15) is 25.5 Å². The molecule has 8 heteroatoms. The summed E-state index contributed by atoms with van der Waals surface area (Å²) in [5.74, 6) is 1.31. The van der Waals surface area contributed by atoms with Crippen molar-refractivity contribution >= 4 is 34.5 Å². The Morgan fingerprint density at radius 2 is 1.85 bits per heavy atom. The summed E-state index contributed by atoms with van der Waals surface area (Å²) in [6.45, 7) is 6.43. The van der Waals surface area contributed by atoms with E-state index in [0.717, 1.165) is 40.7 Å². The number of benzene rings is 1. The van der Waals surface area contributed by atoms with Crippen LogP contribution in [0.5, 0.6) is 0 Å². The van der Waals surface area contributed by atoms with Gasteiger partial charge in [-0.25, -0.2) is 4.98 Å². The molecule has 2 aromatic heterocycles. The second kappa shape index (κ2) is 8.33. The van der Waals surface area contributed by atoms with Gasteiger partial charge in [0.05, 0.1) is 6.33 Å². The number of nitrogens with zero attached hydrogens (tertiary/aromatic N) is 4. The van der Waals surface area contributed by atoms with Crippen LogP contribution in [0.4, 0.5) is 11.8 Å². The quantitative estimate of drug-likeness (QED) is 0.526. The lowest BCUT2D eigenvalue weighted by atomic mass is 10.2. The minimum atomic E-state index is 0.268. The molecule has 0 atom stereocenters. The van der Waals surface area contributed by atoms with E-state index in [1.54, 1.807) is 0 Å². The topological polar surface area (TPSA) is 79.7 Å². The maximum Gasteiger partial charge on any atom is 0.226 e. The van der Waals surface area contributed by atoms with E-state index in [0.29, 0.717) is 12.5 Å². The minimum absolute atomic E-state index is 0.268. The van der Waals surface area contributed by atoms with Crippen molar-refractivity contribution in [3.63, 3.8) is 0 Å². The third-order valence-corrected chi connectivity index (χ3v) is 4.26. The molecule has 3 N–H and O–H groups in total. The largest absolute Gasteiger partial charge is 0.364 e. The summed E-state index contributed by atoms with van der Waals surface area (Å²) in [5.41, 5.74) is 2.71. The molecule has 0 unspecified atom stereocenters. The van der Waals surface area contributed by atoms with Crippen LogP contribution in [0, 0.1) is 0 Å². The summed E-state index contributed by atoms with van der Waals surface area (Å²) in [5, 5.41) is 10.5. The first kappa shape index (κ1) is 18.4. The van der Waals surface area contributed by atoms with Gasteiger partial charge in [-0.1, -0.05) is 23.7 Å². The Labute approximate surface area is 158 Å². The maximum absolute atomic E-state index is 5.95. The monoisotopic (exact) mass is 373 g/mol. The number of hydrogen-bond acceptors (Lipinski definition) is 6. The molecule has 0 spiro atoms. The van der Waals surface area contributed by atoms with Crippen LogP contribution in [0.2, 0.25) is 5.02 Å². The highest BCUT2D eigenvalue weighted by Gasteiger charge is 2.14. The smallest absolute Gasteiger partial charge is 0.226 e. The summed E-state index contributed by atoms with van der Waals surface area (Å²) in [6, 6.07) is 8.02. The van der Waals surface area contributed by atoms with Crippen LogP contribution in [-0.2, 0) is 6.54 Å². The Balaban J connectivity index is 1.89. The highest BCUT2D eigenvalue weighted by molar-refractivity contribution is 6.30. The van der Waals surface area contributed by atoms with Gasteiger partial charge >= 0.3 is 0 Å². The molecule has 0 fully saturated rings. The number of anilines is 2. The van der Waals surface area contributed by atoms with Crippen LogP contribution < -0.4 is 16.0 Å². The molecule has 3 aromatic rings. The third kappa shape index (κ3) is 4.23. The van der Waals surface area contributed by atoms with Crippen molar-refractivity contribution in [2.75, 3.05) is 30.8 Å². The van der Waals surface area contributed by atoms with Gasteiger partial charge in [-0.2, -0.15) is 9.97 Å². The first-order valence-corrected chi connectivity index (χ1v) is 9.07. The van der Waals surface area contributed by atoms with E-state index in [9.17, 15) is 0 Å². The van der Waals surface area contributed by atoms with Gasteiger partial charge in [-0.05, 0) is 38.6 Å². The van der Waals surface area contributed by atoms with Crippen molar-refractivity contribution in [2.45, 2.75) is 26.4 Å². The summed E-state index contributed by atoms with van der Waals surface area (Å²) in [7, 11) is 1.92. The summed E-state index contributed by atoms with van der Waals surface area (Å²) < 4.78 is 2.05. The first-order chi connectivity index (χ1) is 12.6. The number of imidazole rings is 1. The Kier molecular flexibility index (Phi) is 5.90. The molecule has 1 aromatic carbocycles. The van der Waals surface area contributed by atoms with E-state index in [1.165, 1.54) is 0 Å². The summed E-state index contributed by atoms with van der Waals surface area (Å²) in [4.78, 5) is 13.8. The standard InChI is InChI=1S/C18H24ClN7/c1-12(2)26-11-23-15-16(22-10-13-4-6-14(19)7-5-13)24-18(25-17(15)26)21-9-8-20-3/h4-7,11-12,20H,8-10H2,1-3H3,(H2,21,22,24,25). The lowest BCUT2D eigenvalue weighted by Crippen LogP contribution is -2.19. The van der Waals surface area contributed by atoms with E-state index >= 15 is 0 Å². The predicted molar refractivity (Wildman–Crippen MR) is 107 cm³/mol. The molecule has 0 aliphatic rings. The normalized spacial score (nSPS) is 11.3. The first-order valence-electron chi connectivity index (χ1n) is 8.70. The zero-order valence-corrected chi connectivity index (χ0v) is 16.0. The molecule has 0 aliphatic carbocycles. The molecule has 7 nitrogen and oxygen atoms in total. The SMILES string of the molecule is CNCCNc1nc(NCc2ccc(Cl)cc2)c2ncn(C(C)C)c2n1. The molecule has 138 valence electrons. The van der Waals surface area contributed by atoms with E-state index in [1.807, 2.05) is 42.2 Å². The van der Waals surface area contributed by atoms with Crippen molar-refractivity contribution < 1.29 is 0 Å². The fourth-order valence-corrected chi connectivity index (χ4v) is 2.71. The Hall–Kier alpha value is -2.38. The lowest BCUT2D eigenvalue weighted by molar-refractivity contribution is 0.613. The molecular formula is C18H24ClN7. The lowest BCUT2D eigenvalue weighted by Gasteiger charge is -2.12. The van der Waals surface area contributed by atoms with Gasteiger partial charge in [-0.15, -0.1) is 0 Å². The Bertz CT molecular complexity index is 858. The van der Waals surface area contributed by atoms with E-state index in [-0.39, 0.29) is 6.04 Å². The number of nitrogens with one attached hydrogen (secondary N) is 3. The molecule has 26 heavy (non-hydrogen) atoms. The zero-order valence-electron chi connectivity index (χ0n) is 15.3. The number of aromatic nitrogens is 4. The second-order valence-corrected chi connectivity index (χ2v) is 6.76. The predicted octanol–water partition coefficient (Wildman–Crippen LogP) is 3.30. The maximum atomic E-state index is 5.95. The molecule has 0 radical (unpaired) electrons. The average molecular weight is 374 g/mol. The summed E-state index contributed by atoms with van der Waals surface area (Å²) in [6.07, 6.45) is 1.81. The number of halogens is 1. The Morgan fingerprint density at radius 1 is 1.08 bits per heavy atom. The van der Waals surface area contributed by atoms with E-state index in [2.05, 4.69) is 44.7 Å². The summed E-state index contributed by atoms with van der Waals surface area (Å²) >= 11 is 5.95. The minimum Gasteiger partial charge on any atom is -0.364 e. The molecule has 0 saturated carbocycles. The van der Waals surface area contributed by atoms with E-state index < -0.39 is 0 Å². The second-order valence-electron chi connectivity index (χ2n) is 6.32. The molecule has 0 aliphatic heterocycles. The number of hydrogen-bond donors (Lipinski definition) is 3. The van der Waals surface area contributed by atoms with Gasteiger partial charge < -0.3 is 20.5 Å². The van der Waals surface area contributed by atoms with Crippen molar-refractivity contribution in [1.29, 1.82) is 0 Å². The van der Waals surface area contributed by atoms with Crippen LogP contribution in [0.15, 0.2) is 30.6 Å². The van der Waals surface area contributed by atoms with Crippen molar-refractivity contribution in [1.82, 2.24) is 24.8 Å². The van der Waals surface area contributed by atoms with Crippen molar-refractivity contribution in [3.05, 3.63) is 41.2 Å². The highest BCUT2D eigenvalue weighted by Crippen LogP contribution is 2.24. The number of likely N-dealkylation sites (N-methyl/N-ethyl adjacent to an activating group) is 1. The molecule has 0 amide bonds. The van der Waals surface area contributed by atoms with Gasteiger partial charge in [-0.3, -0.25) is 0 Å². The fraction of sp³-hybridized carbons (Fsp3) is 0.389. The molecule has 0 bridgehead atoms. The van der Waals surface area contributed by atoms with Crippen molar-refractivity contribution in [2.24, 2.45) is 0 Å². The zero-order chi connectivity index (χ0) is 18.5. The number of rotatable bonds is 8. The average Bonchev–Trinajstić information content (AvgIpc) is 3.05.